The van der Waals surface area contributed by atoms with Gasteiger partial charge in [-0.2, -0.15) is 5.26 Å². The number of methoxy groups -OCH3 is 1. The van der Waals surface area contributed by atoms with Gasteiger partial charge in [0.25, 0.3) is 0 Å². The maximum absolute atomic E-state index is 9.55. The van der Waals surface area contributed by atoms with E-state index in [1.807, 2.05) is 72.8 Å². The highest BCUT2D eigenvalue weighted by Gasteiger charge is 2.11. The van der Waals surface area contributed by atoms with Gasteiger partial charge in [0.2, 0.25) is 0 Å². The van der Waals surface area contributed by atoms with Crippen LogP contribution >= 0.6 is 31.9 Å². The molecule has 0 saturated carbocycles. The van der Waals surface area contributed by atoms with Gasteiger partial charge in [0.15, 0.2) is 11.5 Å². The predicted molar refractivity (Wildman–Crippen MR) is 119 cm³/mol. The van der Waals surface area contributed by atoms with Crippen molar-refractivity contribution in [3.63, 3.8) is 0 Å². The smallest absolute Gasteiger partial charge is 0.162 e. The fraction of sp³-hybridized carbons (Fsp3) is 0.0870. The molecule has 0 bridgehead atoms. The first-order valence-corrected chi connectivity index (χ1v) is 10.1. The third-order valence-electron chi connectivity index (χ3n) is 4.10. The van der Waals surface area contributed by atoms with Crippen LogP contribution in [0.3, 0.4) is 0 Å². The molecule has 3 aromatic carbocycles. The molecule has 0 aliphatic carbocycles. The van der Waals surface area contributed by atoms with Crippen molar-refractivity contribution >= 4 is 43.5 Å². The van der Waals surface area contributed by atoms with E-state index in [1.165, 1.54) is 0 Å². The van der Waals surface area contributed by atoms with Crippen LogP contribution in [0, 0.1) is 11.3 Å². The molecule has 0 aliphatic rings. The summed E-state index contributed by atoms with van der Waals surface area (Å²) in [5, 5.41) is 9.55. The molecule has 0 unspecified atom stereocenters. The molecule has 0 aromatic heterocycles. The van der Waals surface area contributed by atoms with E-state index >= 15 is 0 Å². The number of hydrogen-bond acceptors (Lipinski definition) is 3. The number of rotatable bonds is 6. The molecule has 0 spiro atoms. The van der Waals surface area contributed by atoms with Crippen molar-refractivity contribution in [2.75, 3.05) is 7.11 Å². The molecule has 0 saturated heterocycles. The van der Waals surface area contributed by atoms with Gasteiger partial charge in [0.05, 0.1) is 18.8 Å². The maximum Gasteiger partial charge on any atom is 0.162 e. The summed E-state index contributed by atoms with van der Waals surface area (Å²) in [5.74, 6) is 1.24. The molecule has 3 rings (SSSR count). The Kier molecular flexibility index (Phi) is 6.91. The van der Waals surface area contributed by atoms with Gasteiger partial charge in [-0.25, -0.2) is 0 Å². The van der Waals surface area contributed by atoms with E-state index in [4.69, 9.17) is 9.47 Å². The van der Waals surface area contributed by atoms with E-state index in [0.29, 0.717) is 23.7 Å². The average Bonchev–Trinajstić information content (AvgIpc) is 2.73. The average molecular weight is 499 g/mol. The molecule has 28 heavy (non-hydrogen) atoms. The lowest BCUT2D eigenvalue weighted by atomic mass is 10.0. The lowest BCUT2D eigenvalue weighted by Gasteiger charge is -2.13. The first-order chi connectivity index (χ1) is 13.6. The molecule has 3 nitrogen and oxygen atoms in total. The van der Waals surface area contributed by atoms with Gasteiger partial charge in [0, 0.05) is 8.95 Å². The van der Waals surface area contributed by atoms with Crippen LogP contribution in [-0.4, -0.2) is 7.11 Å². The molecule has 0 N–H and O–H groups in total. The van der Waals surface area contributed by atoms with Crippen LogP contribution in [-0.2, 0) is 6.61 Å². The van der Waals surface area contributed by atoms with Crippen molar-refractivity contribution in [3.05, 3.63) is 92.4 Å². The molecule has 0 amide bonds. The highest BCUT2D eigenvalue weighted by molar-refractivity contribution is 9.10. The highest BCUT2D eigenvalue weighted by atomic mass is 79.9. The fourth-order valence-corrected chi connectivity index (χ4v) is 3.33. The van der Waals surface area contributed by atoms with Crippen molar-refractivity contribution in [1.82, 2.24) is 0 Å². The van der Waals surface area contributed by atoms with Crippen molar-refractivity contribution < 1.29 is 9.47 Å². The van der Waals surface area contributed by atoms with E-state index in [2.05, 4.69) is 37.9 Å². The Morgan fingerprint density at radius 1 is 1.00 bits per heavy atom. The van der Waals surface area contributed by atoms with E-state index in [9.17, 15) is 5.26 Å². The summed E-state index contributed by atoms with van der Waals surface area (Å²) in [4.78, 5) is 0. The summed E-state index contributed by atoms with van der Waals surface area (Å²) in [6.07, 6.45) is 1.83. The van der Waals surface area contributed by atoms with E-state index < -0.39 is 0 Å². The number of nitriles is 1. The third kappa shape index (κ3) is 5.03. The summed E-state index contributed by atoms with van der Waals surface area (Å²) < 4.78 is 13.3. The van der Waals surface area contributed by atoms with Crippen molar-refractivity contribution in [2.24, 2.45) is 0 Å². The fourth-order valence-electron chi connectivity index (χ4n) is 2.63. The minimum atomic E-state index is 0.429. The van der Waals surface area contributed by atoms with Crippen molar-refractivity contribution in [3.8, 4) is 17.6 Å². The Balaban J connectivity index is 1.88. The van der Waals surface area contributed by atoms with Crippen LogP contribution in [0.2, 0.25) is 0 Å². The van der Waals surface area contributed by atoms with Gasteiger partial charge >= 0.3 is 0 Å². The van der Waals surface area contributed by atoms with Crippen molar-refractivity contribution in [1.29, 1.82) is 5.26 Å². The van der Waals surface area contributed by atoms with Gasteiger partial charge in [-0.05, 0) is 47.0 Å². The summed E-state index contributed by atoms with van der Waals surface area (Å²) in [6.45, 7) is 0.429. The van der Waals surface area contributed by atoms with Crippen molar-refractivity contribution in [2.45, 2.75) is 6.61 Å². The number of allylic oxidation sites excluding steroid dienone is 1. The van der Waals surface area contributed by atoms with Gasteiger partial charge < -0.3 is 9.47 Å². The minimum Gasteiger partial charge on any atom is -0.493 e. The Hall–Kier alpha value is -2.55. The third-order valence-corrected chi connectivity index (χ3v) is 5.31. The SMILES string of the molecule is COc1cc(/C=C(\C#N)c2ccccc2)c(Br)cc1OCc1ccc(Br)cc1. The lowest BCUT2D eigenvalue weighted by Crippen LogP contribution is -1.98. The predicted octanol–water partition coefficient (Wildman–Crippen LogP) is 6.86. The summed E-state index contributed by atoms with van der Waals surface area (Å²) in [5.41, 5.74) is 3.34. The monoisotopic (exact) mass is 497 g/mol. The first-order valence-electron chi connectivity index (χ1n) is 8.52. The number of halogens is 2. The zero-order valence-electron chi connectivity index (χ0n) is 15.2. The van der Waals surface area contributed by atoms with Gasteiger partial charge in [-0.3, -0.25) is 0 Å². The van der Waals surface area contributed by atoms with Gasteiger partial charge in [0.1, 0.15) is 6.61 Å². The molecule has 140 valence electrons. The second-order valence-corrected chi connectivity index (χ2v) is 7.75. The van der Waals surface area contributed by atoms with Crippen LogP contribution in [0.15, 0.2) is 75.7 Å². The zero-order valence-corrected chi connectivity index (χ0v) is 18.3. The molecular formula is C23H17Br2NO2. The molecule has 0 fully saturated rings. The normalized spacial score (nSPS) is 11.0. The Morgan fingerprint density at radius 3 is 2.36 bits per heavy atom. The zero-order chi connectivity index (χ0) is 19.9. The second kappa shape index (κ2) is 9.59. The topological polar surface area (TPSA) is 42.2 Å². The lowest BCUT2D eigenvalue weighted by molar-refractivity contribution is 0.284. The molecular weight excluding hydrogens is 482 g/mol. The Labute approximate surface area is 181 Å². The molecule has 0 atom stereocenters. The number of benzene rings is 3. The van der Waals surface area contributed by atoms with Gasteiger partial charge in [-0.15, -0.1) is 0 Å². The summed E-state index contributed by atoms with van der Waals surface area (Å²) in [7, 11) is 1.60. The van der Waals surface area contributed by atoms with E-state index in [0.717, 1.165) is 25.6 Å². The van der Waals surface area contributed by atoms with E-state index in [1.54, 1.807) is 7.11 Å². The number of hydrogen-bond donors (Lipinski definition) is 0. The quantitative estimate of drug-likeness (QED) is 0.275. The standard InChI is InChI=1S/C23H17Br2NO2/c1-27-22-12-18(11-19(14-26)17-5-3-2-4-6-17)21(25)13-23(22)28-15-16-7-9-20(24)10-8-16/h2-13H,15H2,1H3/b19-11+. The summed E-state index contributed by atoms with van der Waals surface area (Å²) >= 11 is 7.01. The van der Waals surface area contributed by atoms with Crippen LogP contribution in [0.5, 0.6) is 11.5 Å². The maximum atomic E-state index is 9.55. The van der Waals surface area contributed by atoms with Crippen LogP contribution < -0.4 is 9.47 Å². The van der Waals surface area contributed by atoms with Gasteiger partial charge in [-0.1, -0.05) is 74.3 Å². The molecule has 0 heterocycles. The van der Waals surface area contributed by atoms with Crippen LogP contribution in [0.4, 0.5) is 0 Å². The van der Waals surface area contributed by atoms with Crippen LogP contribution in [0.1, 0.15) is 16.7 Å². The van der Waals surface area contributed by atoms with Crippen LogP contribution in [0.25, 0.3) is 11.6 Å². The molecule has 5 heteroatoms. The second-order valence-electron chi connectivity index (χ2n) is 5.98. The van der Waals surface area contributed by atoms with E-state index in [-0.39, 0.29) is 0 Å². The summed E-state index contributed by atoms with van der Waals surface area (Å²) in [6, 6.07) is 23.5. The first kappa shape index (κ1) is 20.2. The Bertz CT molecular complexity index is 1020. The number of nitrogens with zero attached hydrogens (tertiary/aromatic N) is 1. The minimum absolute atomic E-state index is 0.429. The Morgan fingerprint density at radius 2 is 1.71 bits per heavy atom. The molecule has 3 aromatic rings. The molecule has 0 aliphatic heterocycles. The largest absolute Gasteiger partial charge is 0.493 e. The molecule has 0 radical (unpaired) electrons. The highest BCUT2D eigenvalue weighted by Crippen LogP contribution is 2.36. The number of ether oxygens (including phenoxy) is 2.